The van der Waals surface area contributed by atoms with Crippen molar-refractivity contribution >= 4 is 24.4 Å². The van der Waals surface area contributed by atoms with Gasteiger partial charge in [0.15, 0.2) is 11.5 Å². The maximum Gasteiger partial charge on any atom is 0.513 e. The van der Waals surface area contributed by atoms with Crippen molar-refractivity contribution in [1.29, 1.82) is 0 Å². The van der Waals surface area contributed by atoms with Crippen LogP contribution in [0.25, 0.3) is 0 Å². The first kappa shape index (κ1) is 30.5. The fourth-order valence-corrected chi connectivity index (χ4v) is 2.52. The highest BCUT2D eigenvalue weighted by Gasteiger charge is 2.21. The van der Waals surface area contributed by atoms with Crippen LogP contribution in [0.1, 0.15) is 53.0 Å². The monoisotopic (exact) mass is 513 g/mol. The van der Waals surface area contributed by atoms with Gasteiger partial charge in [0.25, 0.3) is 0 Å². The average Bonchev–Trinajstić information content (AvgIpc) is 2.80. The Morgan fingerprint density at radius 1 is 0.806 bits per heavy atom. The van der Waals surface area contributed by atoms with Crippen LogP contribution in [0.4, 0.5) is 14.4 Å². The van der Waals surface area contributed by atoms with Crippen molar-refractivity contribution in [3.8, 4) is 11.5 Å². The summed E-state index contributed by atoms with van der Waals surface area (Å²) in [5.74, 6) is -0.937. The molecule has 0 unspecified atom stereocenters. The lowest BCUT2D eigenvalue weighted by molar-refractivity contribution is -0.148. The molecule has 0 amide bonds. The zero-order valence-electron chi connectivity index (χ0n) is 21.3. The first-order chi connectivity index (χ1) is 17.0. The summed E-state index contributed by atoms with van der Waals surface area (Å²) in [6, 6.07) is 3.21. The van der Waals surface area contributed by atoms with Crippen molar-refractivity contribution < 1.29 is 52.3 Å². The predicted octanol–water partition coefficient (Wildman–Crippen LogP) is 3.90. The van der Waals surface area contributed by atoms with Gasteiger partial charge in [-0.15, -0.1) is 0 Å². The Morgan fingerprint density at radius 3 is 1.94 bits per heavy atom. The fraction of sp³-hybridized carbons (Fsp3) is 0.583. The van der Waals surface area contributed by atoms with Gasteiger partial charge in [0.2, 0.25) is 0 Å². The van der Waals surface area contributed by atoms with Crippen LogP contribution >= 0.6 is 0 Å². The van der Waals surface area contributed by atoms with Gasteiger partial charge in [-0.25, -0.2) is 14.4 Å². The van der Waals surface area contributed by atoms with Crippen LogP contribution in [0.3, 0.4) is 0 Å². The Balaban J connectivity index is 2.80. The van der Waals surface area contributed by atoms with Gasteiger partial charge in [0.1, 0.15) is 18.8 Å². The number of benzene rings is 1. The summed E-state index contributed by atoms with van der Waals surface area (Å²) in [6.07, 6.45) is -2.73. The van der Waals surface area contributed by atoms with E-state index in [9.17, 15) is 19.2 Å². The molecule has 0 aliphatic carbocycles. The van der Waals surface area contributed by atoms with Gasteiger partial charge in [-0.3, -0.25) is 4.79 Å². The molecule has 0 spiro atoms. The minimum absolute atomic E-state index is 0.00436. The zero-order valence-corrected chi connectivity index (χ0v) is 21.3. The first-order valence-electron chi connectivity index (χ1n) is 11.7. The van der Waals surface area contributed by atoms with Crippen molar-refractivity contribution in [2.75, 3.05) is 19.8 Å². The third-order valence-corrected chi connectivity index (χ3v) is 4.09. The molecular formula is C24H35NO11. The molecule has 36 heavy (non-hydrogen) atoms. The molecule has 1 rings (SSSR count). The van der Waals surface area contributed by atoms with Crippen LogP contribution in [0.5, 0.6) is 11.5 Å². The van der Waals surface area contributed by atoms with E-state index >= 15 is 0 Å². The SMILES string of the molecule is CCCOC(=O)Oc1ccc(C[C@H](N)C(=O)OC[C@H](C)OC(=O)OC(C)C)cc1OC(=O)OCCC. The standard InChI is InChI=1S/C24H35NO11/c1-6-10-30-22(27)35-19-9-8-17(13-20(19)36-23(28)31-11-7-2)12-18(25)21(26)32-14-16(5)34-24(29)33-15(3)4/h8-9,13,15-16,18H,6-7,10-12,14,25H2,1-5H3/t16-,18-/m0/s1. The van der Waals surface area contributed by atoms with E-state index < -0.39 is 36.6 Å². The molecule has 12 heteroatoms. The maximum atomic E-state index is 12.3. The van der Waals surface area contributed by atoms with Crippen molar-refractivity contribution in [3.05, 3.63) is 23.8 Å². The van der Waals surface area contributed by atoms with Crippen molar-refractivity contribution in [2.45, 2.75) is 72.1 Å². The van der Waals surface area contributed by atoms with Crippen LogP contribution in [0.15, 0.2) is 18.2 Å². The van der Waals surface area contributed by atoms with E-state index in [2.05, 4.69) is 0 Å². The molecule has 1 aromatic carbocycles. The van der Waals surface area contributed by atoms with Crippen LogP contribution < -0.4 is 15.2 Å². The minimum atomic E-state index is -1.08. The van der Waals surface area contributed by atoms with E-state index in [0.717, 1.165) is 0 Å². The highest BCUT2D eigenvalue weighted by Crippen LogP contribution is 2.30. The van der Waals surface area contributed by atoms with Crippen LogP contribution in [-0.2, 0) is 34.9 Å². The number of carbonyl (C=O) groups is 4. The summed E-state index contributed by atoms with van der Waals surface area (Å²) in [7, 11) is 0. The summed E-state index contributed by atoms with van der Waals surface area (Å²) in [5, 5.41) is 0. The second kappa shape index (κ2) is 16.2. The van der Waals surface area contributed by atoms with E-state index in [1.807, 2.05) is 13.8 Å². The van der Waals surface area contributed by atoms with Gasteiger partial charge in [0, 0.05) is 0 Å². The molecule has 0 aliphatic heterocycles. The van der Waals surface area contributed by atoms with Gasteiger partial charge in [0.05, 0.1) is 19.3 Å². The van der Waals surface area contributed by atoms with Gasteiger partial charge < -0.3 is 38.9 Å². The molecule has 0 bridgehead atoms. The Hall–Kier alpha value is -3.54. The molecule has 1 aromatic rings. The van der Waals surface area contributed by atoms with Crippen LogP contribution in [0, 0.1) is 0 Å². The predicted molar refractivity (Wildman–Crippen MR) is 126 cm³/mol. The topological polar surface area (TPSA) is 159 Å². The molecule has 0 aromatic heterocycles. The largest absolute Gasteiger partial charge is 0.513 e. The highest BCUT2D eigenvalue weighted by molar-refractivity contribution is 5.76. The quantitative estimate of drug-likeness (QED) is 0.231. The molecule has 12 nitrogen and oxygen atoms in total. The van der Waals surface area contributed by atoms with Gasteiger partial charge >= 0.3 is 24.4 Å². The normalized spacial score (nSPS) is 12.2. The minimum Gasteiger partial charge on any atom is -0.461 e. The number of esters is 1. The first-order valence-corrected chi connectivity index (χ1v) is 11.7. The lowest BCUT2D eigenvalue weighted by Gasteiger charge is -2.17. The molecule has 202 valence electrons. The Morgan fingerprint density at radius 2 is 1.39 bits per heavy atom. The van der Waals surface area contributed by atoms with Gasteiger partial charge in [-0.05, 0) is 57.7 Å². The fourth-order valence-electron chi connectivity index (χ4n) is 2.52. The molecule has 0 radical (unpaired) electrons. The van der Waals surface area contributed by atoms with Gasteiger partial charge in [-0.1, -0.05) is 19.9 Å². The molecule has 0 aliphatic rings. The summed E-state index contributed by atoms with van der Waals surface area (Å²) >= 11 is 0. The van der Waals surface area contributed by atoms with E-state index in [1.54, 1.807) is 13.8 Å². The highest BCUT2D eigenvalue weighted by atomic mass is 16.7. The van der Waals surface area contributed by atoms with E-state index in [-0.39, 0.29) is 43.8 Å². The molecule has 2 N–H and O–H groups in total. The molecule has 0 fully saturated rings. The number of hydrogen-bond donors (Lipinski definition) is 1. The summed E-state index contributed by atoms with van der Waals surface area (Å²) in [5.41, 5.74) is 6.43. The van der Waals surface area contributed by atoms with E-state index in [0.29, 0.717) is 18.4 Å². The average molecular weight is 514 g/mol. The second-order valence-electron chi connectivity index (χ2n) is 7.97. The zero-order chi connectivity index (χ0) is 27.1. The molecule has 0 heterocycles. The molecular weight excluding hydrogens is 478 g/mol. The molecule has 0 saturated carbocycles. The maximum absolute atomic E-state index is 12.3. The molecule has 2 atom stereocenters. The Bertz CT molecular complexity index is 872. The number of nitrogens with two attached hydrogens (primary N) is 1. The number of hydrogen-bond acceptors (Lipinski definition) is 12. The number of ether oxygens (including phenoxy) is 7. The third-order valence-electron chi connectivity index (χ3n) is 4.09. The summed E-state index contributed by atoms with van der Waals surface area (Å²) in [4.78, 5) is 47.6. The van der Waals surface area contributed by atoms with Gasteiger partial charge in [-0.2, -0.15) is 0 Å². The second-order valence-corrected chi connectivity index (χ2v) is 7.97. The Kier molecular flexibility index (Phi) is 13.7. The van der Waals surface area contributed by atoms with Crippen molar-refractivity contribution in [1.82, 2.24) is 0 Å². The lowest BCUT2D eigenvalue weighted by Crippen LogP contribution is -2.36. The number of carbonyl (C=O) groups excluding carboxylic acids is 4. The van der Waals surface area contributed by atoms with Crippen molar-refractivity contribution in [3.63, 3.8) is 0 Å². The van der Waals surface area contributed by atoms with E-state index in [4.69, 9.17) is 38.9 Å². The third kappa shape index (κ3) is 12.2. The van der Waals surface area contributed by atoms with E-state index in [1.165, 1.54) is 25.1 Å². The summed E-state index contributed by atoms with van der Waals surface area (Å²) < 4.78 is 35.0. The van der Waals surface area contributed by atoms with Crippen molar-refractivity contribution in [2.24, 2.45) is 5.73 Å². The van der Waals surface area contributed by atoms with Crippen LogP contribution in [0.2, 0.25) is 0 Å². The molecule has 0 saturated heterocycles. The number of rotatable bonds is 13. The lowest BCUT2D eigenvalue weighted by atomic mass is 10.1. The Labute approximate surface area is 210 Å². The summed E-state index contributed by atoms with van der Waals surface area (Å²) in [6.45, 7) is 8.60. The smallest absolute Gasteiger partial charge is 0.461 e. The van der Waals surface area contributed by atoms with Crippen LogP contribution in [-0.4, -0.2) is 62.5 Å².